The van der Waals surface area contributed by atoms with Gasteiger partial charge in [0.25, 0.3) is 0 Å². The molecule has 0 aromatic heterocycles. The van der Waals surface area contributed by atoms with Crippen molar-refractivity contribution >= 4 is 11.8 Å². The Kier molecular flexibility index (Phi) is 15.5. The number of rotatable bonds is 5. The van der Waals surface area contributed by atoms with Crippen molar-refractivity contribution in [3.63, 3.8) is 0 Å². The summed E-state index contributed by atoms with van der Waals surface area (Å²) in [6.45, 7) is 14.6. The fourth-order valence-corrected chi connectivity index (χ4v) is 7.84. The van der Waals surface area contributed by atoms with Crippen molar-refractivity contribution in [2.24, 2.45) is 0 Å². The first-order valence-corrected chi connectivity index (χ1v) is 20.4. The maximum Gasteiger partial charge on any atom is 0.0716 e. The third-order valence-corrected chi connectivity index (χ3v) is 10.4. The molecule has 2 aliphatic carbocycles. The van der Waals surface area contributed by atoms with E-state index < -0.39 is 5.41 Å². The molecule has 0 radical (unpaired) electrons. The molecule has 58 heavy (non-hydrogen) atoms. The first kappa shape index (κ1) is 42.6. The lowest BCUT2D eigenvalue weighted by molar-refractivity contribution is 0.761. The summed E-state index contributed by atoms with van der Waals surface area (Å²) in [5.74, 6) is 0. The molecule has 0 bridgehead atoms. The van der Waals surface area contributed by atoms with Gasteiger partial charge in [0.15, 0.2) is 0 Å². The normalized spacial score (nSPS) is 16.9. The van der Waals surface area contributed by atoms with E-state index in [9.17, 15) is 0 Å². The van der Waals surface area contributed by atoms with E-state index in [1.807, 2.05) is 69.4 Å². The first-order chi connectivity index (χ1) is 28.4. The number of hydrogen-bond acceptors (Lipinski definition) is 1. The number of fused-ring (bicyclic) bond motifs is 7. The summed E-state index contributed by atoms with van der Waals surface area (Å²) in [4.78, 5) is 0. The van der Waals surface area contributed by atoms with Crippen molar-refractivity contribution in [2.45, 2.75) is 53.9 Å². The molecule has 0 amide bonds. The van der Waals surface area contributed by atoms with Crippen LogP contribution in [0.4, 0.5) is 0 Å². The van der Waals surface area contributed by atoms with Crippen LogP contribution in [0.2, 0.25) is 0 Å². The second-order valence-electron chi connectivity index (χ2n) is 14.1. The van der Waals surface area contributed by atoms with Gasteiger partial charge in [0.2, 0.25) is 0 Å². The van der Waals surface area contributed by atoms with Crippen molar-refractivity contribution in [3.8, 4) is 22.3 Å². The van der Waals surface area contributed by atoms with E-state index in [-0.39, 0.29) is 0 Å². The minimum atomic E-state index is -0.419. The molecular weight excluding hydrogens is 699 g/mol. The van der Waals surface area contributed by atoms with Gasteiger partial charge in [-0.1, -0.05) is 219 Å². The lowest BCUT2D eigenvalue weighted by atomic mass is 9.64. The van der Waals surface area contributed by atoms with Gasteiger partial charge in [0, 0.05) is 6.21 Å². The zero-order valence-electron chi connectivity index (χ0n) is 35.2. The van der Waals surface area contributed by atoms with E-state index in [1.54, 1.807) is 6.08 Å². The van der Waals surface area contributed by atoms with Crippen molar-refractivity contribution in [3.05, 3.63) is 256 Å². The highest BCUT2D eigenvalue weighted by Gasteiger charge is 2.48. The van der Waals surface area contributed by atoms with E-state index in [2.05, 4.69) is 179 Å². The molecule has 1 N–H and O–H groups in total. The number of allylic oxidation sites excluding steroid dienone is 11. The lowest BCUT2D eigenvalue weighted by Gasteiger charge is -2.37. The van der Waals surface area contributed by atoms with E-state index >= 15 is 0 Å². The molecular formula is C57H57N. The minimum absolute atomic E-state index is 0.419. The van der Waals surface area contributed by atoms with Crippen LogP contribution in [-0.4, -0.2) is 6.21 Å². The summed E-state index contributed by atoms with van der Waals surface area (Å²) >= 11 is 0. The largest absolute Gasteiger partial charge is 0.309 e. The third kappa shape index (κ3) is 9.34. The van der Waals surface area contributed by atoms with Gasteiger partial charge >= 0.3 is 0 Å². The Labute approximate surface area is 348 Å². The van der Waals surface area contributed by atoms with Gasteiger partial charge in [-0.15, -0.1) is 0 Å². The maximum atomic E-state index is 6.62. The minimum Gasteiger partial charge on any atom is -0.309 e. The Morgan fingerprint density at radius 1 is 0.483 bits per heavy atom. The van der Waals surface area contributed by atoms with Crippen molar-refractivity contribution in [1.82, 2.24) is 0 Å². The Morgan fingerprint density at radius 3 is 1.69 bits per heavy atom. The molecule has 1 atom stereocenters. The Morgan fingerprint density at radius 2 is 1.05 bits per heavy atom. The Hall–Kier alpha value is -6.57. The Bertz CT molecular complexity index is 2470. The summed E-state index contributed by atoms with van der Waals surface area (Å²) in [6.07, 6.45) is 21.6. The summed E-state index contributed by atoms with van der Waals surface area (Å²) in [5.41, 5.74) is 17.8. The van der Waals surface area contributed by atoms with Gasteiger partial charge in [-0.2, -0.15) is 0 Å². The van der Waals surface area contributed by atoms with Crippen LogP contribution in [0, 0.1) is 26.2 Å². The molecule has 0 heterocycles. The highest BCUT2D eigenvalue weighted by molar-refractivity contribution is 5.93. The van der Waals surface area contributed by atoms with Gasteiger partial charge < -0.3 is 5.41 Å². The summed E-state index contributed by atoms with van der Waals surface area (Å²) in [6, 6.07) is 52.9. The highest BCUT2D eigenvalue weighted by Crippen LogP contribution is 2.59. The molecule has 0 saturated heterocycles. The third-order valence-electron chi connectivity index (χ3n) is 10.4. The van der Waals surface area contributed by atoms with Crippen LogP contribution in [0.5, 0.6) is 0 Å². The van der Waals surface area contributed by atoms with E-state index in [0.29, 0.717) is 0 Å². The van der Waals surface area contributed by atoms with Crippen molar-refractivity contribution in [1.29, 1.82) is 5.41 Å². The van der Waals surface area contributed by atoms with E-state index in [1.165, 1.54) is 84.1 Å². The van der Waals surface area contributed by atoms with Crippen molar-refractivity contribution < 1.29 is 0 Å². The standard InChI is InChI=1S/C40H32.C8H11N.C7H8.C2H6/c1-4-31-16-12-19-33(32-17-9-8-13-28(32)3)34-18-10-11-20-37(34)40(31)38-23-21-27(2)25-35(38)36-26-30(22-24-39(36)40)29-14-6-5-7-15-29;1-2-3-4-5-6-7-8-9;1-7-5-3-2-4-6-7;1-2/h4-26H,1-3H3;2-9H,1H3;2-6H,1H3;1-2H3/b16-12-,31-4-,33-19-;3-2-,5-4-,7-6+,9-8?;;. The number of aryl methyl sites for hydroxylation is 3. The van der Waals surface area contributed by atoms with Crippen LogP contribution in [0.3, 0.4) is 0 Å². The number of benzene rings is 6. The number of hydrogen-bond donors (Lipinski definition) is 1. The van der Waals surface area contributed by atoms with Crippen LogP contribution in [0.15, 0.2) is 212 Å². The summed E-state index contributed by atoms with van der Waals surface area (Å²) in [7, 11) is 0. The fraction of sp³-hybridized carbons (Fsp3) is 0.140. The predicted molar refractivity (Wildman–Crippen MR) is 254 cm³/mol. The van der Waals surface area contributed by atoms with Gasteiger partial charge in [-0.3, -0.25) is 0 Å². The number of nitrogens with one attached hydrogen (secondary N) is 1. The van der Waals surface area contributed by atoms with Crippen LogP contribution < -0.4 is 0 Å². The van der Waals surface area contributed by atoms with Gasteiger partial charge in [0.05, 0.1) is 5.41 Å². The molecule has 0 aliphatic heterocycles. The highest BCUT2D eigenvalue weighted by atomic mass is 14.5. The first-order valence-electron chi connectivity index (χ1n) is 20.4. The quantitative estimate of drug-likeness (QED) is 0.134. The zero-order valence-corrected chi connectivity index (χ0v) is 35.2. The van der Waals surface area contributed by atoms with E-state index in [4.69, 9.17) is 5.41 Å². The lowest BCUT2D eigenvalue weighted by Crippen LogP contribution is -2.30. The van der Waals surface area contributed by atoms with Crippen LogP contribution >= 0.6 is 0 Å². The second kappa shape index (κ2) is 21.1. The average molecular weight is 756 g/mol. The smallest absolute Gasteiger partial charge is 0.0716 e. The van der Waals surface area contributed by atoms with Crippen molar-refractivity contribution in [2.75, 3.05) is 0 Å². The second-order valence-corrected chi connectivity index (χ2v) is 14.1. The molecule has 1 heteroatoms. The predicted octanol–water partition coefficient (Wildman–Crippen LogP) is 15.6. The average Bonchev–Trinajstić information content (AvgIpc) is 3.55. The van der Waals surface area contributed by atoms with Gasteiger partial charge in [0.1, 0.15) is 0 Å². The Balaban J connectivity index is 0.000000297. The van der Waals surface area contributed by atoms with Crippen LogP contribution in [0.25, 0.3) is 27.8 Å². The molecule has 2 aliphatic rings. The fourth-order valence-electron chi connectivity index (χ4n) is 7.84. The molecule has 1 nitrogen and oxygen atoms in total. The molecule has 8 rings (SSSR count). The zero-order chi connectivity index (χ0) is 41.3. The monoisotopic (exact) mass is 755 g/mol. The molecule has 1 spiro atoms. The molecule has 0 saturated carbocycles. The molecule has 6 aromatic rings. The molecule has 290 valence electrons. The summed E-state index contributed by atoms with van der Waals surface area (Å²) < 4.78 is 0. The molecule has 1 unspecified atom stereocenters. The van der Waals surface area contributed by atoms with Gasteiger partial charge in [-0.05, 0) is 114 Å². The summed E-state index contributed by atoms with van der Waals surface area (Å²) in [5, 5.41) is 6.62. The molecule has 0 fully saturated rings. The maximum absolute atomic E-state index is 6.62. The van der Waals surface area contributed by atoms with E-state index in [0.717, 1.165) is 0 Å². The van der Waals surface area contributed by atoms with Gasteiger partial charge in [-0.25, -0.2) is 0 Å². The van der Waals surface area contributed by atoms with Crippen LogP contribution in [0.1, 0.15) is 72.2 Å². The topological polar surface area (TPSA) is 23.9 Å². The van der Waals surface area contributed by atoms with Crippen LogP contribution in [-0.2, 0) is 5.41 Å². The SMILES string of the molecule is C/C=C1/C=C\C=C(\c2ccccc2C)c2ccccc2C12c1ccc(C)cc1-c1cc(-c3ccccc3)ccc12.CC.C\C=C/C=C\C=C\C=N.Cc1ccccc1. The molecule has 6 aromatic carbocycles.